The van der Waals surface area contributed by atoms with Gasteiger partial charge in [-0.05, 0) is 30.0 Å². The molecular weight excluding hydrogens is 174 g/mol. The van der Waals surface area contributed by atoms with Gasteiger partial charge in [0.15, 0.2) is 0 Å². The van der Waals surface area contributed by atoms with Gasteiger partial charge in [-0.3, -0.25) is 4.79 Å². The normalized spacial score (nSPS) is 19.7. The Morgan fingerprint density at radius 2 is 2.07 bits per heavy atom. The molecular formula is C12H15NO. The number of fused-ring (bicyclic) bond motifs is 1. The third kappa shape index (κ3) is 1.22. The van der Waals surface area contributed by atoms with Crippen LogP contribution in [0.15, 0.2) is 18.2 Å². The van der Waals surface area contributed by atoms with Crippen LogP contribution in [0.1, 0.15) is 30.9 Å². The first-order valence-electron chi connectivity index (χ1n) is 5.01. The number of hydrogen-bond donors (Lipinski definition) is 1. The van der Waals surface area contributed by atoms with Crippen LogP contribution in [0.25, 0.3) is 0 Å². The number of carbonyl (C=O) groups is 1. The van der Waals surface area contributed by atoms with Gasteiger partial charge in [-0.15, -0.1) is 0 Å². The Kier molecular flexibility index (Phi) is 2.06. The van der Waals surface area contributed by atoms with E-state index in [0.717, 1.165) is 5.69 Å². The van der Waals surface area contributed by atoms with E-state index in [1.54, 1.807) is 0 Å². The molecule has 0 aliphatic carbocycles. The zero-order chi connectivity index (χ0) is 10.3. The second-order valence-corrected chi connectivity index (χ2v) is 4.25. The third-order valence-electron chi connectivity index (χ3n) is 2.84. The fourth-order valence-corrected chi connectivity index (χ4v) is 2.18. The van der Waals surface area contributed by atoms with Crippen LogP contribution in [0.5, 0.6) is 0 Å². The van der Waals surface area contributed by atoms with Crippen LogP contribution < -0.4 is 5.32 Å². The second kappa shape index (κ2) is 3.12. The molecule has 0 saturated carbocycles. The Balaban J connectivity index is 2.55. The quantitative estimate of drug-likeness (QED) is 0.723. The summed E-state index contributed by atoms with van der Waals surface area (Å²) in [4.78, 5) is 11.7. The van der Waals surface area contributed by atoms with E-state index in [4.69, 9.17) is 0 Å². The molecule has 2 heteroatoms. The Bertz CT molecular complexity index is 382. The van der Waals surface area contributed by atoms with Gasteiger partial charge in [-0.25, -0.2) is 0 Å². The van der Waals surface area contributed by atoms with Crippen molar-refractivity contribution in [3.8, 4) is 0 Å². The first-order valence-corrected chi connectivity index (χ1v) is 5.01. The van der Waals surface area contributed by atoms with E-state index < -0.39 is 0 Å². The summed E-state index contributed by atoms with van der Waals surface area (Å²) in [7, 11) is 0. The van der Waals surface area contributed by atoms with Gasteiger partial charge >= 0.3 is 0 Å². The molecule has 2 nitrogen and oxygen atoms in total. The highest BCUT2D eigenvalue weighted by Gasteiger charge is 2.33. The van der Waals surface area contributed by atoms with Crippen LogP contribution in [0.4, 0.5) is 5.69 Å². The lowest BCUT2D eigenvalue weighted by molar-refractivity contribution is -0.117. The molecule has 0 radical (unpaired) electrons. The van der Waals surface area contributed by atoms with Gasteiger partial charge in [0.25, 0.3) is 0 Å². The molecule has 1 amide bonds. The molecule has 1 aliphatic rings. The van der Waals surface area contributed by atoms with Gasteiger partial charge < -0.3 is 5.32 Å². The van der Waals surface area contributed by atoms with Crippen molar-refractivity contribution < 1.29 is 4.79 Å². The highest BCUT2D eigenvalue weighted by Crippen LogP contribution is 2.38. The molecule has 0 fully saturated rings. The molecule has 1 aromatic carbocycles. The molecule has 1 aromatic rings. The maximum Gasteiger partial charge on any atom is 0.232 e. The highest BCUT2D eigenvalue weighted by atomic mass is 16.2. The van der Waals surface area contributed by atoms with Crippen LogP contribution in [-0.2, 0) is 4.79 Å². The number of aryl methyl sites for hydroxylation is 1. The lowest BCUT2D eigenvalue weighted by atomic mass is 9.87. The Morgan fingerprint density at radius 1 is 1.36 bits per heavy atom. The molecule has 1 N–H and O–H groups in total. The van der Waals surface area contributed by atoms with Crippen molar-refractivity contribution in [2.45, 2.75) is 26.7 Å². The molecule has 0 bridgehead atoms. The van der Waals surface area contributed by atoms with Crippen molar-refractivity contribution in [3.63, 3.8) is 0 Å². The molecule has 14 heavy (non-hydrogen) atoms. The average Bonchev–Trinajstić information content (AvgIpc) is 2.42. The van der Waals surface area contributed by atoms with Crippen molar-refractivity contribution in [1.82, 2.24) is 0 Å². The number of benzene rings is 1. The Labute approximate surface area is 84.3 Å². The minimum absolute atomic E-state index is 0.0335. The number of carbonyl (C=O) groups excluding carboxylic acids is 1. The minimum Gasteiger partial charge on any atom is -0.325 e. The summed E-state index contributed by atoms with van der Waals surface area (Å²) in [6.45, 7) is 6.24. The van der Waals surface area contributed by atoms with Crippen LogP contribution >= 0.6 is 0 Å². The Morgan fingerprint density at radius 3 is 2.71 bits per heavy atom. The zero-order valence-corrected chi connectivity index (χ0v) is 8.79. The largest absolute Gasteiger partial charge is 0.325 e. The van der Waals surface area contributed by atoms with Gasteiger partial charge in [0, 0.05) is 5.69 Å². The smallest absolute Gasteiger partial charge is 0.232 e. The van der Waals surface area contributed by atoms with Crippen LogP contribution in [0.2, 0.25) is 0 Å². The molecule has 1 atom stereocenters. The predicted octanol–water partition coefficient (Wildman–Crippen LogP) is 2.69. The monoisotopic (exact) mass is 189 g/mol. The standard InChI is InChI=1S/C12H15NO/c1-7(2)10-11-8(3)5-4-6-9(11)13-12(10)14/h4-7,10H,1-3H3,(H,13,14)/t10-/m1/s1. The van der Waals surface area contributed by atoms with E-state index in [1.165, 1.54) is 11.1 Å². The van der Waals surface area contributed by atoms with E-state index in [9.17, 15) is 4.79 Å². The third-order valence-corrected chi connectivity index (χ3v) is 2.84. The van der Waals surface area contributed by atoms with Crippen molar-refractivity contribution in [1.29, 1.82) is 0 Å². The number of amides is 1. The first-order chi connectivity index (χ1) is 6.61. The van der Waals surface area contributed by atoms with Gasteiger partial charge in [-0.1, -0.05) is 26.0 Å². The van der Waals surface area contributed by atoms with E-state index in [0.29, 0.717) is 5.92 Å². The van der Waals surface area contributed by atoms with Crippen molar-refractivity contribution in [3.05, 3.63) is 29.3 Å². The van der Waals surface area contributed by atoms with E-state index in [1.807, 2.05) is 12.1 Å². The molecule has 0 spiro atoms. The molecule has 2 rings (SSSR count). The topological polar surface area (TPSA) is 29.1 Å². The molecule has 0 aromatic heterocycles. The van der Waals surface area contributed by atoms with Gasteiger partial charge in [0.1, 0.15) is 0 Å². The number of rotatable bonds is 1. The second-order valence-electron chi connectivity index (χ2n) is 4.25. The maximum atomic E-state index is 11.7. The first kappa shape index (κ1) is 9.25. The SMILES string of the molecule is Cc1cccc2c1[C@@H](C(C)C)C(=O)N2. The molecule has 1 heterocycles. The molecule has 74 valence electrons. The van der Waals surface area contributed by atoms with Crippen LogP contribution in [0.3, 0.4) is 0 Å². The summed E-state index contributed by atoms with van der Waals surface area (Å²) < 4.78 is 0. The van der Waals surface area contributed by atoms with Gasteiger partial charge in [-0.2, -0.15) is 0 Å². The minimum atomic E-state index is 0.0335. The van der Waals surface area contributed by atoms with Crippen LogP contribution in [-0.4, -0.2) is 5.91 Å². The maximum absolute atomic E-state index is 11.7. The van der Waals surface area contributed by atoms with Gasteiger partial charge in [0.2, 0.25) is 5.91 Å². The summed E-state index contributed by atoms with van der Waals surface area (Å²) in [5.41, 5.74) is 3.39. The predicted molar refractivity (Wildman–Crippen MR) is 57.4 cm³/mol. The van der Waals surface area contributed by atoms with E-state index >= 15 is 0 Å². The molecule has 0 unspecified atom stereocenters. The summed E-state index contributed by atoms with van der Waals surface area (Å²) in [6.07, 6.45) is 0. The summed E-state index contributed by atoms with van der Waals surface area (Å²) in [6, 6.07) is 6.02. The van der Waals surface area contributed by atoms with Crippen LogP contribution in [0, 0.1) is 12.8 Å². The summed E-state index contributed by atoms with van der Waals surface area (Å²) in [5.74, 6) is 0.535. The van der Waals surface area contributed by atoms with Crippen molar-refractivity contribution in [2.75, 3.05) is 5.32 Å². The van der Waals surface area contributed by atoms with Gasteiger partial charge in [0.05, 0.1) is 5.92 Å². The van der Waals surface area contributed by atoms with Crippen molar-refractivity contribution in [2.24, 2.45) is 5.92 Å². The number of anilines is 1. The number of nitrogens with one attached hydrogen (secondary N) is 1. The fourth-order valence-electron chi connectivity index (χ4n) is 2.18. The molecule has 0 saturated heterocycles. The Hall–Kier alpha value is -1.31. The highest BCUT2D eigenvalue weighted by molar-refractivity contribution is 6.03. The molecule has 1 aliphatic heterocycles. The lowest BCUT2D eigenvalue weighted by Gasteiger charge is -2.14. The summed E-state index contributed by atoms with van der Waals surface area (Å²) >= 11 is 0. The van der Waals surface area contributed by atoms with E-state index in [2.05, 4.69) is 32.2 Å². The number of hydrogen-bond acceptors (Lipinski definition) is 1. The fraction of sp³-hybridized carbons (Fsp3) is 0.417. The zero-order valence-electron chi connectivity index (χ0n) is 8.79. The average molecular weight is 189 g/mol. The summed E-state index contributed by atoms with van der Waals surface area (Å²) in [5, 5.41) is 2.93. The van der Waals surface area contributed by atoms with Crippen molar-refractivity contribution >= 4 is 11.6 Å². The van der Waals surface area contributed by atoms with E-state index in [-0.39, 0.29) is 11.8 Å². The lowest BCUT2D eigenvalue weighted by Crippen LogP contribution is -2.17.